The average molecular weight is 428 g/mol. The molecule has 2 aliphatic rings. The maximum absolute atomic E-state index is 12.8. The highest BCUT2D eigenvalue weighted by atomic mass is 79.9. The molecule has 0 radical (unpaired) electrons. The molecule has 0 amide bonds. The lowest BCUT2D eigenvalue weighted by atomic mass is 10.00. The Balaban J connectivity index is 1.64. The summed E-state index contributed by atoms with van der Waals surface area (Å²) in [5.74, 6) is 2.03. The molecule has 4 nitrogen and oxygen atoms in total. The number of carbonyl (C=O) groups is 1. The van der Waals surface area contributed by atoms with Crippen LogP contribution in [0.4, 0.5) is 5.69 Å². The quantitative estimate of drug-likeness (QED) is 0.565. The second-order valence-corrected chi connectivity index (χ2v) is 8.14. The van der Waals surface area contributed by atoms with Crippen LogP contribution in [0.5, 0.6) is 11.5 Å². The van der Waals surface area contributed by atoms with Gasteiger partial charge in [0.2, 0.25) is 6.79 Å². The molecule has 0 aliphatic carbocycles. The van der Waals surface area contributed by atoms with Gasteiger partial charge in [-0.15, -0.1) is 11.8 Å². The first-order valence-electron chi connectivity index (χ1n) is 8.23. The zero-order chi connectivity index (χ0) is 17.7. The average Bonchev–Trinajstić information content (AvgIpc) is 3.10. The molecule has 0 aromatic heterocycles. The van der Waals surface area contributed by atoms with Crippen LogP contribution in [0.15, 0.2) is 53.0 Å². The number of ether oxygens (including phenoxy) is 2. The minimum absolute atomic E-state index is 0.0817. The third-order valence-electron chi connectivity index (χ3n) is 4.65. The molecule has 0 saturated carbocycles. The lowest BCUT2D eigenvalue weighted by molar-refractivity contribution is 0.102. The fourth-order valence-corrected chi connectivity index (χ4v) is 5.18. The SMILES string of the molecule is O=C1CSC(c2cc3c(cc2Br)OCO3)Nc2cccc3cccc1c23. The number of Topliss-reactive ketones (excluding diaryl/α,β-unsaturated/α-hetero) is 1. The molecule has 26 heavy (non-hydrogen) atoms. The van der Waals surface area contributed by atoms with Gasteiger partial charge in [0, 0.05) is 26.7 Å². The van der Waals surface area contributed by atoms with Gasteiger partial charge in [-0.05, 0) is 23.6 Å². The van der Waals surface area contributed by atoms with Crippen molar-refractivity contribution in [1.29, 1.82) is 0 Å². The van der Waals surface area contributed by atoms with Crippen molar-refractivity contribution in [2.24, 2.45) is 0 Å². The van der Waals surface area contributed by atoms with E-state index in [1.807, 2.05) is 48.5 Å². The van der Waals surface area contributed by atoms with E-state index in [4.69, 9.17) is 9.47 Å². The number of hydrogen-bond donors (Lipinski definition) is 1. The topological polar surface area (TPSA) is 47.6 Å². The Bertz CT molecular complexity index is 1050. The first kappa shape index (κ1) is 16.0. The van der Waals surface area contributed by atoms with Crippen LogP contribution in [-0.2, 0) is 0 Å². The van der Waals surface area contributed by atoms with E-state index in [0.29, 0.717) is 5.75 Å². The highest BCUT2D eigenvalue weighted by Crippen LogP contribution is 2.44. The van der Waals surface area contributed by atoms with Crippen LogP contribution in [0.3, 0.4) is 0 Å². The fraction of sp³-hybridized carbons (Fsp3) is 0.150. The van der Waals surface area contributed by atoms with E-state index in [0.717, 1.165) is 43.6 Å². The highest BCUT2D eigenvalue weighted by molar-refractivity contribution is 9.10. The van der Waals surface area contributed by atoms with Gasteiger partial charge in [-0.1, -0.05) is 46.3 Å². The number of rotatable bonds is 1. The molecule has 6 heteroatoms. The molecule has 1 atom stereocenters. The van der Waals surface area contributed by atoms with Gasteiger partial charge in [-0.2, -0.15) is 0 Å². The maximum atomic E-state index is 12.8. The number of hydrogen-bond acceptors (Lipinski definition) is 5. The Hall–Kier alpha value is -2.18. The van der Waals surface area contributed by atoms with Crippen LogP contribution in [-0.4, -0.2) is 18.3 Å². The molecule has 3 aromatic carbocycles. The number of carbonyl (C=O) groups excluding carboxylic acids is 1. The van der Waals surface area contributed by atoms with Crippen LogP contribution in [0.1, 0.15) is 21.3 Å². The summed E-state index contributed by atoms with van der Waals surface area (Å²) in [6.45, 7) is 0.238. The fourth-order valence-electron chi connectivity index (χ4n) is 3.41. The predicted octanol–water partition coefficient (Wildman–Crippen LogP) is 5.37. The van der Waals surface area contributed by atoms with E-state index in [2.05, 4.69) is 21.2 Å². The number of thioether (sulfide) groups is 1. The Labute approximate surface area is 163 Å². The minimum atomic E-state index is -0.0817. The zero-order valence-electron chi connectivity index (χ0n) is 13.6. The van der Waals surface area contributed by atoms with Gasteiger partial charge in [0.05, 0.1) is 11.1 Å². The number of anilines is 1. The van der Waals surface area contributed by atoms with Gasteiger partial charge in [-0.25, -0.2) is 0 Å². The van der Waals surface area contributed by atoms with E-state index in [1.54, 1.807) is 11.8 Å². The molecule has 0 saturated heterocycles. The van der Waals surface area contributed by atoms with Gasteiger partial charge >= 0.3 is 0 Å². The first-order valence-corrected chi connectivity index (χ1v) is 10.1. The second kappa shape index (κ2) is 6.21. The van der Waals surface area contributed by atoms with E-state index >= 15 is 0 Å². The summed E-state index contributed by atoms with van der Waals surface area (Å²) in [4.78, 5) is 12.8. The van der Waals surface area contributed by atoms with E-state index < -0.39 is 0 Å². The van der Waals surface area contributed by atoms with Crippen LogP contribution >= 0.6 is 27.7 Å². The van der Waals surface area contributed by atoms with Crippen molar-refractivity contribution in [3.8, 4) is 11.5 Å². The number of halogens is 1. The summed E-state index contributed by atoms with van der Waals surface area (Å²) >= 11 is 5.22. The Morgan fingerprint density at radius 2 is 1.85 bits per heavy atom. The number of nitrogens with one attached hydrogen (secondary N) is 1. The van der Waals surface area contributed by atoms with Crippen molar-refractivity contribution in [1.82, 2.24) is 0 Å². The molecule has 0 fully saturated rings. The van der Waals surface area contributed by atoms with Crippen molar-refractivity contribution in [2.45, 2.75) is 5.37 Å². The van der Waals surface area contributed by atoms with Crippen molar-refractivity contribution in [2.75, 3.05) is 17.9 Å². The number of ketones is 1. The lowest BCUT2D eigenvalue weighted by Gasteiger charge is -2.25. The molecule has 5 rings (SSSR count). The first-order chi connectivity index (χ1) is 12.7. The van der Waals surface area contributed by atoms with Gasteiger partial charge < -0.3 is 14.8 Å². The Morgan fingerprint density at radius 3 is 2.69 bits per heavy atom. The molecule has 2 aliphatic heterocycles. The number of benzene rings is 3. The van der Waals surface area contributed by atoms with Gasteiger partial charge in [0.25, 0.3) is 0 Å². The van der Waals surface area contributed by atoms with Crippen LogP contribution in [0.2, 0.25) is 0 Å². The van der Waals surface area contributed by atoms with Crippen molar-refractivity contribution < 1.29 is 14.3 Å². The summed E-state index contributed by atoms with van der Waals surface area (Å²) in [5.41, 5.74) is 2.78. The standard InChI is InChI=1S/C20H14BrNO3S/c21-14-8-18-17(24-10-25-18)7-13(14)20-22-15-6-2-4-11-3-1-5-12(19(11)15)16(23)9-26-20/h1-8,20,22H,9-10H2. The lowest BCUT2D eigenvalue weighted by Crippen LogP contribution is -2.16. The molecule has 1 unspecified atom stereocenters. The van der Waals surface area contributed by atoms with Gasteiger partial charge in [0.15, 0.2) is 17.3 Å². The van der Waals surface area contributed by atoms with Crippen molar-refractivity contribution in [3.05, 3.63) is 64.1 Å². The van der Waals surface area contributed by atoms with E-state index in [9.17, 15) is 4.79 Å². The molecule has 0 spiro atoms. The normalized spacial score (nSPS) is 18.3. The summed E-state index contributed by atoms with van der Waals surface area (Å²) in [6, 6.07) is 15.9. The third-order valence-corrected chi connectivity index (χ3v) is 6.47. The van der Waals surface area contributed by atoms with Gasteiger partial charge in [0.1, 0.15) is 0 Å². The summed E-state index contributed by atoms with van der Waals surface area (Å²) in [7, 11) is 0. The number of fused-ring (bicyclic) bond motifs is 1. The zero-order valence-corrected chi connectivity index (χ0v) is 16.0. The third kappa shape index (κ3) is 2.56. The van der Waals surface area contributed by atoms with E-state index in [-0.39, 0.29) is 18.0 Å². The monoisotopic (exact) mass is 427 g/mol. The van der Waals surface area contributed by atoms with Gasteiger partial charge in [-0.3, -0.25) is 4.79 Å². The molecule has 3 aromatic rings. The molecular formula is C20H14BrNO3S. The maximum Gasteiger partial charge on any atom is 0.231 e. The molecule has 0 bridgehead atoms. The van der Waals surface area contributed by atoms with Crippen LogP contribution in [0.25, 0.3) is 10.8 Å². The smallest absolute Gasteiger partial charge is 0.231 e. The molecule has 130 valence electrons. The highest BCUT2D eigenvalue weighted by Gasteiger charge is 2.26. The largest absolute Gasteiger partial charge is 0.454 e. The van der Waals surface area contributed by atoms with Crippen LogP contribution in [0, 0.1) is 0 Å². The Kier molecular flexibility index (Phi) is 3.83. The second-order valence-electron chi connectivity index (χ2n) is 6.19. The van der Waals surface area contributed by atoms with Crippen LogP contribution < -0.4 is 14.8 Å². The predicted molar refractivity (Wildman–Crippen MR) is 107 cm³/mol. The summed E-state index contributed by atoms with van der Waals surface area (Å²) in [5, 5.41) is 5.59. The van der Waals surface area contributed by atoms with Crippen molar-refractivity contribution in [3.63, 3.8) is 0 Å². The summed E-state index contributed by atoms with van der Waals surface area (Å²) < 4.78 is 11.9. The van der Waals surface area contributed by atoms with E-state index in [1.165, 1.54) is 0 Å². The molecule has 2 heterocycles. The minimum Gasteiger partial charge on any atom is -0.454 e. The van der Waals surface area contributed by atoms with Crippen molar-refractivity contribution >= 4 is 49.9 Å². The molecule has 1 N–H and O–H groups in total. The molecular weight excluding hydrogens is 414 g/mol. The summed E-state index contributed by atoms with van der Waals surface area (Å²) in [6.07, 6.45) is 0. The Morgan fingerprint density at radius 1 is 1.08 bits per heavy atom.